The highest BCUT2D eigenvalue weighted by Crippen LogP contribution is 2.47. The second kappa shape index (κ2) is 14.6. The van der Waals surface area contributed by atoms with Gasteiger partial charge in [-0.3, -0.25) is 18.9 Å². The number of amides is 1. The summed E-state index contributed by atoms with van der Waals surface area (Å²) < 4.78 is 62.0. The van der Waals surface area contributed by atoms with E-state index in [1.165, 1.54) is 19.3 Å². The van der Waals surface area contributed by atoms with E-state index in [-0.39, 0.29) is 12.4 Å². The van der Waals surface area contributed by atoms with Gasteiger partial charge in [-0.15, -0.1) is 0 Å². The van der Waals surface area contributed by atoms with Crippen molar-refractivity contribution in [3.63, 3.8) is 0 Å². The highest BCUT2D eigenvalue weighted by atomic mass is 31.2. The van der Waals surface area contributed by atoms with Crippen molar-refractivity contribution in [1.82, 2.24) is 9.55 Å². The Morgan fingerprint density at radius 1 is 1.18 bits per heavy atom. The van der Waals surface area contributed by atoms with Gasteiger partial charge in [0.25, 0.3) is 0 Å². The predicted octanol–water partition coefficient (Wildman–Crippen LogP) is 4.76. The summed E-state index contributed by atoms with van der Waals surface area (Å²) in [7, 11) is -4.59. The largest absolute Gasteiger partial charge is 0.472 e. The van der Waals surface area contributed by atoms with Crippen LogP contribution in [0.4, 0.5) is 19.4 Å². The van der Waals surface area contributed by atoms with Gasteiger partial charge in [0.2, 0.25) is 6.23 Å². The van der Waals surface area contributed by atoms with Gasteiger partial charge < -0.3 is 19.5 Å². The van der Waals surface area contributed by atoms with E-state index in [9.17, 15) is 32.9 Å². The number of nitrogens with zero attached hydrogens (tertiary/aromatic N) is 2. The number of halogens is 2. The van der Waals surface area contributed by atoms with Gasteiger partial charge in [0.05, 0.1) is 13.2 Å². The lowest BCUT2D eigenvalue weighted by atomic mass is 10.1. The summed E-state index contributed by atoms with van der Waals surface area (Å²) in [6.45, 7) is 6.08. The molecule has 12 nitrogen and oxygen atoms in total. The summed E-state index contributed by atoms with van der Waals surface area (Å²) in [4.78, 5) is 37.6. The molecule has 224 valence electrons. The van der Waals surface area contributed by atoms with Crippen molar-refractivity contribution in [2.45, 2.75) is 109 Å². The molecule has 0 aliphatic carbocycles. The fraction of sp³-hybridized carbons (Fsp3) is 0.792. The number of anilines is 1. The molecule has 0 bridgehead atoms. The molecule has 0 spiro atoms. The smallest absolute Gasteiger partial charge is 0.444 e. The molecule has 0 saturated carbocycles. The Labute approximate surface area is 226 Å². The van der Waals surface area contributed by atoms with Crippen molar-refractivity contribution >= 4 is 19.7 Å². The average molecular weight is 584 g/mol. The standard InChI is InChI=1S/C24H40F2N3O9P/c1-5-6-7-8-9-10-11-12-15-35-39(33,34)36-16-17-19(30)24(25,26)20(37-17)29-14-13-18(27-21(29)31)28-22(32)38-23(2,3)4/h13-14,17,19-20,30H,5-12,15-16H2,1-4H3,(H,33,34)(H,27,28,31,32)/t17?,19-,20?/m1/s1. The van der Waals surface area contributed by atoms with Gasteiger partial charge >= 0.3 is 25.5 Å². The minimum Gasteiger partial charge on any atom is -0.444 e. The van der Waals surface area contributed by atoms with Crippen LogP contribution in [0, 0.1) is 0 Å². The summed E-state index contributed by atoms with van der Waals surface area (Å²) in [5.41, 5.74) is -2.02. The zero-order valence-electron chi connectivity index (χ0n) is 22.8. The molecule has 1 aliphatic heterocycles. The van der Waals surface area contributed by atoms with E-state index in [0.717, 1.165) is 37.9 Å². The van der Waals surface area contributed by atoms with E-state index in [0.29, 0.717) is 11.0 Å². The van der Waals surface area contributed by atoms with Gasteiger partial charge in [0.1, 0.15) is 17.5 Å². The Balaban J connectivity index is 1.88. The first kappa shape index (κ1) is 33.2. The van der Waals surface area contributed by atoms with Gasteiger partial charge in [-0.05, 0) is 33.3 Å². The lowest BCUT2D eigenvalue weighted by Crippen LogP contribution is -2.42. The first-order chi connectivity index (χ1) is 18.2. The van der Waals surface area contributed by atoms with E-state index >= 15 is 0 Å². The average Bonchev–Trinajstić information content (AvgIpc) is 3.04. The Bertz CT molecular complexity index is 1030. The highest BCUT2D eigenvalue weighted by Gasteiger charge is 2.60. The molecule has 3 N–H and O–H groups in total. The highest BCUT2D eigenvalue weighted by molar-refractivity contribution is 7.47. The van der Waals surface area contributed by atoms with E-state index in [4.69, 9.17) is 18.5 Å². The van der Waals surface area contributed by atoms with Crippen LogP contribution in [0.25, 0.3) is 0 Å². The lowest BCUT2D eigenvalue weighted by Gasteiger charge is -2.21. The van der Waals surface area contributed by atoms with Crippen molar-refractivity contribution in [2.75, 3.05) is 18.5 Å². The Morgan fingerprint density at radius 2 is 1.79 bits per heavy atom. The number of phosphoric acid groups is 1. The van der Waals surface area contributed by atoms with Crippen molar-refractivity contribution in [1.29, 1.82) is 0 Å². The van der Waals surface area contributed by atoms with Crippen LogP contribution in [0.5, 0.6) is 0 Å². The maximum atomic E-state index is 14.8. The third-order valence-electron chi connectivity index (χ3n) is 5.75. The first-order valence-corrected chi connectivity index (χ1v) is 14.6. The van der Waals surface area contributed by atoms with Crippen molar-refractivity contribution in [2.24, 2.45) is 0 Å². The lowest BCUT2D eigenvalue weighted by molar-refractivity contribution is -0.140. The maximum Gasteiger partial charge on any atom is 0.472 e. The molecule has 0 radical (unpaired) electrons. The molecule has 39 heavy (non-hydrogen) atoms. The molecule has 3 unspecified atom stereocenters. The number of carbonyl (C=O) groups is 1. The molecule has 15 heteroatoms. The molecule has 1 aliphatic rings. The van der Waals surface area contributed by atoms with Crippen LogP contribution >= 0.6 is 7.82 Å². The number of aromatic nitrogens is 2. The molecule has 1 fully saturated rings. The predicted molar refractivity (Wildman–Crippen MR) is 138 cm³/mol. The Hall–Kier alpha value is -1.96. The molecule has 1 saturated heterocycles. The summed E-state index contributed by atoms with van der Waals surface area (Å²) in [5.74, 6) is -4.22. The van der Waals surface area contributed by atoms with Crippen LogP contribution in [0.15, 0.2) is 17.1 Å². The number of aliphatic hydroxyl groups is 1. The van der Waals surface area contributed by atoms with Gasteiger partial charge in [0, 0.05) is 6.20 Å². The number of unbranched alkanes of at least 4 members (excludes halogenated alkanes) is 7. The monoisotopic (exact) mass is 583 g/mol. The SMILES string of the molecule is CCCCCCCCCCOP(=O)(O)OCC1OC(n2ccc(NC(=O)OC(C)(C)C)nc2=O)C(F)(F)[C@@H]1O. The first-order valence-electron chi connectivity index (χ1n) is 13.1. The second-order valence-electron chi connectivity index (χ2n) is 10.3. The Kier molecular flexibility index (Phi) is 12.5. The van der Waals surface area contributed by atoms with E-state index in [1.54, 1.807) is 20.8 Å². The fourth-order valence-electron chi connectivity index (χ4n) is 3.80. The second-order valence-corrected chi connectivity index (χ2v) is 11.8. The molecule has 4 atom stereocenters. The number of aliphatic hydroxyl groups excluding tert-OH is 1. The van der Waals surface area contributed by atoms with E-state index in [1.807, 2.05) is 0 Å². The fourth-order valence-corrected chi connectivity index (χ4v) is 4.57. The molecular formula is C24H40F2N3O9P. The van der Waals surface area contributed by atoms with Crippen LogP contribution in [0.2, 0.25) is 0 Å². The number of phosphoric ester groups is 1. The van der Waals surface area contributed by atoms with Crippen LogP contribution in [-0.2, 0) is 23.1 Å². The minimum atomic E-state index is -4.59. The van der Waals surface area contributed by atoms with Crippen molar-refractivity contribution in [3.05, 3.63) is 22.7 Å². The zero-order chi connectivity index (χ0) is 29.3. The van der Waals surface area contributed by atoms with E-state index in [2.05, 4.69) is 17.2 Å². The van der Waals surface area contributed by atoms with Gasteiger partial charge in [-0.2, -0.15) is 13.8 Å². The third-order valence-corrected chi connectivity index (χ3v) is 6.73. The van der Waals surface area contributed by atoms with Crippen LogP contribution < -0.4 is 11.0 Å². The van der Waals surface area contributed by atoms with Crippen molar-refractivity contribution in [3.8, 4) is 0 Å². The number of carbonyl (C=O) groups excluding carboxylic acids is 1. The molecule has 1 aromatic rings. The molecule has 2 heterocycles. The third kappa shape index (κ3) is 10.8. The molecule has 1 aromatic heterocycles. The normalized spacial score (nSPS) is 22.4. The van der Waals surface area contributed by atoms with Crippen LogP contribution in [0.3, 0.4) is 0 Å². The molecule has 2 rings (SSSR count). The minimum absolute atomic E-state index is 0.0552. The number of nitrogens with one attached hydrogen (secondary N) is 1. The Morgan fingerprint density at radius 3 is 2.38 bits per heavy atom. The van der Waals surface area contributed by atoms with Gasteiger partial charge in [0.15, 0.2) is 6.10 Å². The number of rotatable bonds is 15. The van der Waals surface area contributed by atoms with Crippen LogP contribution in [0.1, 0.15) is 85.3 Å². The van der Waals surface area contributed by atoms with E-state index < -0.39 is 56.2 Å². The van der Waals surface area contributed by atoms with Crippen molar-refractivity contribution < 1.29 is 46.7 Å². The maximum absolute atomic E-state index is 14.8. The quantitative estimate of drug-likeness (QED) is 0.194. The van der Waals surface area contributed by atoms with Gasteiger partial charge in [-0.1, -0.05) is 51.9 Å². The summed E-state index contributed by atoms with van der Waals surface area (Å²) >= 11 is 0. The molecular weight excluding hydrogens is 543 g/mol. The number of hydrogen-bond donors (Lipinski definition) is 3. The number of alkyl halides is 2. The molecule has 0 aromatic carbocycles. The summed E-state index contributed by atoms with van der Waals surface area (Å²) in [6.07, 6.45) is 1.57. The number of ether oxygens (including phenoxy) is 2. The number of hydrogen-bond acceptors (Lipinski definition) is 9. The topological polar surface area (TPSA) is 158 Å². The summed E-state index contributed by atoms with van der Waals surface area (Å²) in [6, 6.07) is 1.07. The van der Waals surface area contributed by atoms with Gasteiger partial charge in [-0.25, -0.2) is 14.2 Å². The molecule has 1 amide bonds. The zero-order valence-corrected chi connectivity index (χ0v) is 23.7. The van der Waals surface area contributed by atoms with Crippen LogP contribution in [-0.4, -0.2) is 62.6 Å². The summed E-state index contributed by atoms with van der Waals surface area (Å²) in [5, 5.41) is 12.3.